The summed E-state index contributed by atoms with van der Waals surface area (Å²) in [4.78, 5) is 12.5. The lowest BCUT2D eigenvalue weighted by molar-refractivity contribution is -0.115. The van der Waals surface area contributed by atoms with Crippen molar-refractivity contribution in [2.45, 2.75) is 17.4 Å². The van der Waals surface area contributed by atoms with E-state index in [1.54, 1.807) is 25.1 Å². The highest BCUT2D eigenvalue weighted by atomic mass is 32.2. The molecule has 0 spiro atoms. The van der Waals surface area contributed by atoms with Gasteiger partial charge in [0.05, 0.1) is 5.25 Å². The zero-order valence-corrected chi connectivity index (χ0v) is 15.4. The van der Waals surface area contributed by atoms with Gasteiger partial charge in [-0.1, -0.05) is 30.0 Å². The molecule has 0 saturated heterocycles. The summed E-state index contributed by atoms with van der Waals surface area (Å²) in [7, 11) is 0. The van der Waals surface area contributed by atoms with Gasteiger partial charge < -0.3 is 19.2 Å². The van der Waals surface area contributed by atoms with Gasteiger partial charge in [0.15, 0.2) is 11.5 Å². The van der Waals surface area contributed by atoms with Crippen LogP contribution in [0.2, 0.25) is 0 Å². The molecule has 4 rings (SSSR count). The largest absolute Gasteiger partial charge is 0.486 e. The van der Waals surface area contributed by atoms with Crippen LogP contribution >= 0.6 is 11.8 Å². The van der Waals surface area contributed by atoms with Gasteiger partial charge in [-0.15, -0.1) is 10.2 Å². The van der Waals surface area contributed by atoms with Gasteiger partial charge >= 0.3 is 0 Å². The number of ether oxygens (including phenoxy) is 2. The maximum Gasteiger partial charge on any atom is 0.277 e. The first-order valence-corrected chi connectivity index (χ1v) is 9.33. The quantitative estimate of drug-likeness (QED) is 0.673. The van der Waals surface area contributed by atoms with Gasteiger partial charge in [-0.25, -0.2) is 0 Å². The van der Waals surface area contributed by atoms with Crippen molar-refractivity contribution in [3.63, 3.8) is 0 Å². The number of thioether (sulfide) groups is 1. The Labute approximate surface area is 160 Å². The van der Waals surface area contributed by atoms with Crippen molar-refractivity contribution in [1.29, 1.82) is 0 Å². The van der Waals surface area contributed by atoms with E-state index in [0.717, 1.165) is 5.56 Å². The molecule has 1 N–H and O–H groups in total. The van der Waals surface area contributed by atoms with Gasteiger partial charge in [0.25, 0.3) is 5.22 Å². The van der Waals surface area contributed by atoms with Crippen LogP contribution in [0.3, 0.4) is 0 Å². The number of benzene rings is 2. The van der Waals surface area contributed by atoms with Crippen LogP contribution in [0.1, 0.15) is 6.92 Å². The molecule has 8 heteroatoms. The molecule has 1 aliphatic rings. The summed E-state index contributed by atoms with van der Waals surface area (Å²) >= 11 is 1.21. The van der Waals surface area contributed by atoms with E-state index in [1.165, 1.54) is 11.8 Å². The van der Waals surface area contributed by atoms with Crippen molar-refractivity contribution in [3.05, 3.63) is 48.5 Å². The number of nitrogens with zero attached hydrogens (tertiary/aromatic N) is 2. The molecule has 27 heavy (non-hydrogen) atoms. The summed E-state index contributed by atoms with van der Waals surface area (Å²) in [6.07, 6.45) is 0. The molecule has 1 atom stereocenters. The summed E-state index contributed by atoms with van der Waals surface area (Å²) in [5, 5.41) is 10.8. The number of rotatable bonds is 5. The Kier molecular flexibility index (Phi) is 4.97. The van der Waals surface area contributed by atoms with Gasteiger partial charge in [-0.3, -0.25) is 4.79 Å². The highest BCUT2D eigenvalue weighted by Crippen LogP contribution is 2.33. The average molecular weight is 383 g/mol. The number of anilines is 1. The average Bonchev–Trinajstić information content (AvgIpc) is 3.17. The molecule has 0 unspecified atom stereocenters. The maximum absolute atomic E-state index is 12.5. The van der Waals surface area contributed by atoms with Crippen LogP contribution < -0.4 is 14.8 Å². The first-order valence-electron chi connectivity index (χ1n) is 8.45. The van der Waals surface area contributed by atoms with Gasteiger partial charge in [0.1, 0.15) is 13.2 Å². The Morgan fingerprint density at radius 2 is 1.85 bits per heavy atom. The van der Waals surface area contributed by atoms with Gasteiger partial charge in [0.2, 0.25) is 11.8 Å². The smallest absolute Gasteiger partial charge is 0.277 e. The minimum atomic E-state index is -0.415. The number of fused-ring (bicyclic) bond motifs is 1. The van der Waals surface area contributed by atoms with E-state index in [-0.39, 0.29) is 5.91 Å². The van der Waals surface area contributed by atoms with Crippen molar-refractivity contribution in [2.24, 2.45) is 0 Å². The van der Waals surface area contributed by atoms with E-state index in [0.29, 0.717) is 41.5 Å². The van der Waals surface area contributed by atoms with Crippen molar-refractivity contribution in [1.82, 2.24) is 10.2 Å². The van der Waals surface area contributed by atoms with E-state index < -0.39 is 5.25 Å². The van der Waals surface area contributed by atoms with Gasteiger partial charge in [-0.05, 0) is 31.2 Å². The summed E-state index contributed by atoms with van der Waals surface area (Å²) in [5.41, 5.74) is 1.48. The fourth-order valence-corrected chi connectivity index (χ4v) is 3.21. The Hall–Kier alpha value is -3.00. The normalized spacial score (nSPS) is 13.8. The van der Waals surface area contributed by atoms with E-state index in [2.05, 4.69) is 15.5 Å². The van der Waals surface area contributed by atoms with E-state index in [4.69, 9.17) is 13.9 Å². The van der Waals surface area contributed by atoms with Crippen LogP contribution in [0.25, 0.3) is 11.5 Å². The first kappa shape index (κ1) is 17.4. The molecule has 2 heterocycles. The number of carbonyl (C=O) groups excluding carboxylic acids is 1. The highest BCUT2D eigenvalue weighted by molar-refractivity contribution is 8.00. The second kappa shape index (κ2) is 7.71. The number of hydrogen-bond donors (Lipinski definition) is 1. The molecule has 2 aromatic carbocycles. The molecule has 1 amide bonds. The fourth-order valence-electron chi connectivity index (χ4n) is 2.52. The highest BCUT2D eigenvalue weighted by Gasteiger charge is 2.20. The van der Waals surface area contributed by atoms with Crippen LogP contribution in [-0.4, -0.2) is 34.6 Å². The summed E-state index contributed by atoms with van der Waals surface area (Å²) in [6, 6.07) is 14.8. The molecule has 0 fully saturated rings. The fraction of sp³-hybridized carbons (Fsp3) is 0.211. The van der Waals surface area contributed by atoms with E-state index in [1.807, 2.05) is 30.3 Å². The molecule has 0 radical (unpaired) electrons. The monoisotopic (exact) mass is 383 g/mol. The molecule has 0 aliphatic carbocycles. The van der Waals surface area contributed by atoms with Crippen molar-refractivity contribution < 1.29 is 18.7 Å². The number of amides is 1. The second-order valence-corrected chi connectivity index (χ2v) is 7.14. The number of carbonyl (C=O) groups is 1. The topological polar surface area (TPSA) is 86.5 Å². The van der Waals surface area contributed by atoms with Gasteiger partial charge in [0, 0.05) is 17.3 Å². The van der Waals surface area contributed by atoms with Crippen LogP contribution in [0.4, 0.5) is 5.69 Å². The lowest BCUT2D eigenvalue weighted by Crippen LogP contribution is -2.22. The van der Waals surface area contributed by atoms with Crippen LogP contribution in [0.15, 0.2) is 58.2 Å². The zero-order chi connectivity index (χ0) is 18.6. The summed E-state index contributed by atoms with van der Waals surface area (Å²) in [6.45, 7) is 2.81. The molecule has 0 saturated carbocycles. The Bertz CT molecular complexity index is 945. The minimum Gasteiger partial charge on any atom is -0.486 e. The molecule has 138 valence electrons. The van der Waals surface area contributed by atoms with E-state index in [9.17, 15) is 4.79 Å². The predicted molar refractivity (Wildman–Crippen MR) is 101 cm³/mol. The van der Waals surface area contributed by atoms with Crippen molar-refractivity contribution in [3.8, 4) is 23.0 Å². The van der Waals surface area contributed by atoms with Crippen molar-refractivity contribution in [2.75, 3.05) is 18.5 Å². The lowest BCUT2D eigenvalue weighted by Gasteiger charge is -2.19. The SMILES string of the molecule is C[C@@H](Sc1nnc(-c2ccccc2)o1)C(=O)Nc1ccc2c(c1)OCCO2. The third-order valence-corrected chi connectivity index (χ3v) is 4.82. The Morgan fingerprint density at radius 3 is 2.67 bits per heavy atom. The zero-order valence-electron chi connectivity index (χ0n) is 14.5. The predicted octanol–water partition coefficient (Wildman–Crippen LogP) is 3.63. The molecule has 0 bridgehead atoms. The Balaban J connectivity index is 1.39. The number of aromatic nitrogens is 2. The minimum absolute atomic E-state index is 0.170. The molecular weight excluding hydrogens is 366 g/mol. The molecule has 1 aliphatic heterocycles. The lowest BCUT2D eigenvalue weighted by atomic mass is 10.2. The van der Waals surface area contributed by atoms with Crippen molar-refractivity contribution >= 4 is 23.4 Å². The summed E-state index contributed by atoms with van der Waals surface area (Å²) in [5.74, 6) is 1.57. The van der Waals surface area contributed by atoms with E-state index >= 15 is 0 Å². The Morgan fingerprint density at radius 1 is 1.07 bits per heavy atom. The number of nitrogens with one attached hydrogen (secondary N) is 1. The third-order valence-electron chi connectivity index (χ3n) is 3.88. The second-order valence-electron chi connectivity index (χ2n) is 5.85. The third kappa shape index (κ3) is 4.06. The maximum atomic E-state index is 12.5. The van der Waals surface area contributed by atoms with Crippen LogP contribution in [-0.2, 0) is 4.79 Å². The first-order chi connectivity index (χ1) is 13.2. The molecule has 1 aromatic heterocycles. The molecule has 3 aromatic rings. The number of hydrogen-bond acceptors (Lipinski definition) is 7. The summed E-state index contributed by atoms with van der Waals surface area (Å²) < 4.78 is 16.7. The van der Waals surface area contributed by atoms with Gasteiger partial charge in [-0.2, -0.15) is 0 Å². The van der Waals surface area contributed by atoms with Crippen LogP contribution in [0.5, 0.6) is 11.5 Å². The molecule has 7 nitrogen and oxygen atoms in total. The van der Waals surface area contributed by atoms with Crippen LogP contribution in [0, 0.1) is 0 Å². The molecular formula is C19H17N3O4S. The standard InChI is InChI=1S/C19H17N3O4S/c1-12(27-19-22-21-18(26-19)13-5-3-2-4-6-13)17(23)20-14-7-8-15-16(11-14)25-10-9-24-15/h2-8,11-12H,9-10H2,1H3,(H,20,23)/t12-/m1/s1.